The van der Waals surface area contributed by atoms with Gasteiger partial charge >= 0.3 is 5.97 Å². The van der Waals surface area contributed by atoms with Gasteiger partial charge in [0, 0.05) is 5.75 Å². The van der Waals surface area contributed by atoms with Gasteiger partial charge in [0.15, 0.2) is 11.2 Å². The van der Waals surface area contributed by atoms with Crippen LogP contribution in [0.25, 0.3) is 0 Å². The molecule has 94 valence electrons. The largest absolute Gasteiger partial charge is 0.479 e. The molecular weight excluding hydrogens is 260 g/mol. The van der Waals surface area contributed by atoms with E-state index in [0.29, 0.717) is 11.6 Å². The lowest BCUT2D eigenvalue weighted by Gasteiger charge is -2.09. The maximum Gasteiger partial charge on any atom is 0.332 e. The van der Waals surface area contributed by atoms with E-state index in [1.807, 2.05) is 6.92 Å². The van der Waals surface area contributed by atoms with Gasteiger partial charge in [0.25, 0.3) is 0 Å². The molecule has 0 amide bonds. The smallest absolute Gasteiger partial charge is 0.332 e. The second kappa shape index (κ2) is 5.24. The van der Waals surface area contributed by atoms with Crippen molar-refractivity contribution >= 4 is 34.2 Å². The zero-order valence-electron chi connectivity index (χ0n) is 9.38. The van der Waals surface area contributed by atoms with E-state index >= 15 is 0 Å². The number of rotatable bonds is 4. The first kappa shape index (κ1) is 12.7. The molecule has 0 aliphatic carbocycles. The van der Waals surface area contributed by atoms with Crippen LogP contribution in [0.2, 0.25) is 0 Å². The van der Waals surface area contributed by atoms with Gasteiger partial charge < -0.3 is 15.6 Å². The maximum absolute atomic E-state index is 10.7. The molecule has 1 fully saturated rings. The predicted molar refractivity (Wildman–Crippen MR) is 67.5 cm³/mol. The number of nitrogens with two attached hydrogens (primary N) is 1. The molecule has 3 N–H and O–H groups in total. The van der Waals surface area contributed by atoms with Gasteiger partial charge in [-0.2, -0.15) is 0 Å². The first-order chi connectivity index (χ1) is 8.06. The van der Waals surface area contributed by atoms with Crippen molar-refractivity contribution in [3.8, 4) is 0 Å². The van der Waals surface area contributed by atoms with Gasteiger partial charge in [0.05, 0.1) is 16.0 Å². The molecule has 0 saturated carbocycles. The Labute approximate surface area is 107 Å². The summed E-state index contributed by atoms with van der Waals surface area (Å²) >= 11 is 3.10. The van der Waals surface area contributed by atoms with Crippen molar-refractivity contribution in [2.75, 3.05) is 11.5 Å². The van der Waals surface area contributed by atoms with Crippen LogP contribution in [0.4, 0.5) is 5.13 Å². The molecule has 2 unspecified atom stereocenters. The molecule has 1 aromatic rings. The topological polar surface area (TPSA) is 85.4 Å². The molecule has 1 aliphatic rings. The number of anilines is 1. The van der Waals surface area contributed by atoms with Gasteiger partial charge in [-0.1, -0.05) is 11.3 Å². The van der Waals surface area contributed by atoms with Crippen molar-refractivity contribution in [3.05, 3.63) is 5.69 Å². The zero-order chi connectivity index (χ0) is 12.4. The molecular formula is C10H14N2O3S2. The summed E-state index contributed by atoms with van der Waals surface area (Å²) in [4.78, 5) is 14.9. The third-order valence-electron chi connectivity index (χ3n) is 2.55. The predicted octanol–water partition coefficient (Wildman–Crippen LogP) is 1.76. The SMILES string of the molecule is Cc1nc(N)sc1SCC1CCC(C(=O)O)O1. The van der Waals surface area contributed by atoms with Crippen LogP contribution in [-0.2, 0) is 9.53 Å². The van der Waals surface area contributed by atoms with Gasteiger partial charge in [-0.3, -0.25) is 0 Å². The molecule has 0 bridgehead atoms. The maximum atomic E-state index is 10.7. The first-order valence-electron chi connectivity index (χ1n) is 5.30. The summed E-state index contributed by atoms with van der Waals surface area (Å²) in [5, 5.41) is 9.38. The highest BCUT2D eigenvalue weighted by molar-refractivity contribution is 8.01. The number of aromatic nitrogens is 1. The number of nitrogen functional groups attached to an aromatic ring is 1. The van der Waals surface area contributed by atoms with Crippen molar-refractivity contribution in [2.24, 2.45) is 0 Å². The lowest BCUT2D eigenvalue weighted by molar-refractivity contribution is -0.148. The van der Waals surface area contributed by atoms with Crippen LogP contribution < -0.4 is 5.73 Å². The van der Waals surface area contributed by atoms with Crippen LogP contribution >= 0.6 is 23.1 Å². The minimum Gasteiger partial charge on any atom is -0.479 e. The highest BCUT2D eigenvalue weighted by Gasteiger charge is 2.30. The molecule has 0 spiro atoms. The van der Waals surface area contributed by atoms with Gasteiger partial charge in [-0.25, -0.2) is 9.78 Å². The Morgan fingerprint density at radius 1 is 1.71 bits per heavy atom. The summed E-state index contributed by atoms with van der Waals surface area (Å²) in [5.74, 6) is -0.109. The number of carboxylic acid groups (broad SMARTS) is 1. The molecule has 2 rings (SSSR count). The first-order valence-corrected chi connectivity index (χ1v) is 7.10. The van der Waals surface area contributed by atoms with E-state index in [0.717, 1.165) is 22.1 Å². The molecule has 2 atom stereocenters. The average molecular weight is 274 g/mol. The molecule has 1 aromatic heterocycles. The van der Waals surface area contributed by atoms with E-state index in [1.165, 1.54) is 11.3 Å². The van der Waals surface area contributed by atoms with Crippen LogP contribution in [0.1, 0.15) is 18.5 Å². The van der Waals surface area contributed by atoms with Crippen LogP contribution in [0.5, 0.6) is 0 Å². The van der Waals surface area contributed by atoms with Crippen LogP contribution in [0, 0.1) is 6.92 Å². The molecule has 1 aliphatic heterocycles. The van der Waals surface area contributed by atoms with Gasteiger partial charge in [0.1, 0.15) is 0 Å². The standard InChI is InChI=1S/C10H14N2O3S2/c1-5-9(17-10(11)12-5)16-4-6-2-3-7(15-6)8(13)14/h6-7H,2-4H2,1H3,(H2,11,12)(H,13,14). The summed E-state index contributed by atoms with van der Waals surface area (Å²) < 4.78 is 6.51. The van der Waals surface area contributed by atoms with Gasteiger partial charge in [-0.05, 0) is 19.8 Å². The highest BCUT2D eigenvalue weighted by Crippen LogP contribution is 2.33. The third-order valence-corrected chi connectivity index (χ3v) is 5.03. The Morgan fingerprint density at radius 3 is 3.00 bits per heavy atom. The molecule has 1 saturated heterocycles. The van der Waals surface area contributed by atoms with Crippen molar-refractivity contribution in [2.45, 2.75) is 36.2 Å². The Balaban J connectivity index is 1.84. The molecule has 5 nitrogen and oxygen atoms in total. The number of aryl methyl sites for hydroxylation is 1. The third kappa shape index (κ3) is 3.11. The van der Waals surface area contributed by atoms with Crippen molar-refractivity contribution in [1.82, 2.24) is 4.98 Å². The van der Waals surface area contributed by atoms with Crippen molar-refractivity contribution < 1.29 is 14.6 Å². The number of aliphatic carboxylic acids is 1. The number of hydrogen-bond donors (Lipinski definition) is 2. The number of thiazole rings is 1. The summed E-state index contributed by atoms with van der Waals surface area (Å²) in [6, 6.07) is 0. The van der Waals surface area contributed by atoms with E-state index in [4.69, 9.17) is 15.6 Å². The summed E-state index contributed by atoms with van der Waals surface area (Å²) in [7, 11) is 0. The van der Waals surface area contributed by atoms with E-state index in [1.54, 1.807) is 11.8 Å². The van der Waals surface area contributed by atoms with Crippen LogP contribution in [0.3, 0.4) is 0 Å². The van der Waals surface area contributed by atoms with Crippen molar-refractivity contribution in [3.63, 3.8) is 0 Å². The minimum atomic E-state index is -0.865. The van der Waals surface area contributed by atoms with E-state index in [-0.39, 0.29) is 6.10 Å². The number of carbonyl (C=O) groups is 1. The van der Waals surface area contributed by atoms with E-state index in [9.17, 15) is 4.79 Å². The normalized spacial score (nSPS) is 24.1. The second-order valence-electron chi connectivity index (χ2n) is 3.90. The van der Waals surface area contributed by atoms with Gasteiger partial charge in [0.2, 0.25) is 0 Å². The fourth-order valence-corrected chi connectivity index (χ4v) is 3.81. The second-order valence-corrected chi connectivity index (χ2v) is 6.22. The van der Waals surface area contributed by atoms with E-state index < -0.39 is 12.1 Å². The quantitative estimate of drug-likeness (QED) is 0.814. The zero-order valence-corrected chi connectivity index (χ0v) is 11.0. The fourth-order valence-electron chi connectivity index (χ4n) is 1.72. The van der Waals surface area contributed by atoms with E-state index in [2.05, 4.69) is 4.98 Å². The lowest BCUT2D eigenvalue weighted by atomic mass is 10.2. The minimum absolute atomic E-state index is 0.0174. The van der Waals surface area contributed by atoms with Crippen molar-refractivity contribution in [1.29, 1.82) is 0 Å². The highest BCUT2D eigenvalue weighted by atomic mass is 32.2. The molecule has 7 heteroatoms. The number of hydrogen-bond acceptors (Lipinski definition) is 6. The summed E-state index contributed by atoms with van der Waals surface area (Å²) in [5.41, 5.74) is 6.55. The molecule has 0 aromatic carbocycles. The molecule has 2 heterocycles. The average Bonchev–Trinajstić information content (AvgIpc) is 2.82. The number of thioether (sulfide) groups is 1. The Kier molecular flexibility index (Phi) is 3.90. The molecule has 0 radical (unpaired) electrons. The number of carboxylic acids is 1. The summed E-state index contributed by atoms with van der Waals surface area (Å²) in [6.07, 6.45) is 0.791. The number of ether oxygens (including phenoxy) is 1. The Hall–Kier alpha value is -0.790. The van der Waals surface area contributed by atoms with Gasteiger partial charge in [-0.15, -0.1) is 11.8 Å². The lowest BCUT2D eigenvalue weighted by Crippen LogP contribution is -2.21. The summed E-state index contributed by atoms with van der Waals surface area (Å²) in [6.45, 7) is 1.92. The van der Waals surface area contributed by atoms with Crippen LogP contribution in [-0.4, -0.2) is 34.0 Å². The Bertz CT molecular complexity index is 422. The molecule has 17 heavy (non-hydrogen) atoms. The monoisotopic (exact) mass is 274 g/mol. The van der Waals surface area contributed by atoms with Crippen LogP contribution in [0.15, 0.2) is 4.21 Å². The number of nitrogens with zero attached hydrogens (tertiary/aromatic N) is 1. The fraction of sp³-hybridized carbons (Fsp3) is 0.600. The Morgan fingerprint density at radius 2 is 2.47 bits per heavy atom.